The molecular formula is C30H42O6. The van der Waals surface area contributed by atoms with Crippen LogP contribution >= 0.6 is 0 Å². The van der Waals surface area contributed by atoms with Gasteiger partial charge in [0.15, 0.2) is 5.78 Å². The Labute approximate surface area is 215 Å². The maximum Gasteiger partial charge on any atom is 0.310 e. The molecule has 0 unspecified atom stereocenters. The van der Waals surface area contributed by atoms with Gasteiger partial charge in [-0.05, 0) is 67.6 Å². The number of ether oxygens (including phenoxy) is 3. The first-order valence-electron chi connectivity index (χ1n) is 13.6. The number of carbonyl (C=O) groups excluding carboxylic acids is 3. The number of esters is 2. The van der Waals surface area contributed by atoms with Crippen LogP contribution in [0.2, 0.25) is 0 Å². The molecule has 0 amide bonds. The van der Waals surface area contributed by atoms with Gasteiger partial charge in [0.05, 0.1) is 12.7 Å². The third kappa shape index (κ3) is 7.06. The topological polar surface area (TPSA) is 78.9 Å². The Morgan fingerprint density at radius 2 is 1.50 bits per heavy atom. The summed E-state index contributed by atoms with van der Waals surface area (Å²) in [6, 6.07) is 4.31. The highest BCUT2D eigenvalue weighted by Gasteiger charge is 2.43. The van der Waals surface area contributed by atoms with Crippen LogP contribution in [0.3, 0.4) is 0 Å². The van der Waals surface area contributed by atoms with Crippen molar-refractivity contribution in [1.82, 2.24) is 0 Å². The highest BCUT2D eigenvalue weighted by molar-refractivity contribution is 6.23. The highest BCUT2D eigenvalue weighted by Crippen LogP contribution is 2.48. The number of benzene rings is 1. The Balaban J connectivity index is 1.83. The Hall–Kier alpha value is -2.47. The summed E-state index contributed by atoms with van der Waals surface area (Å²) in [5, 5.41) is 0. The minimum atomic E-state index is -0.282. The summed E-state index contributed by atoms with van der Waals surface area (Å²) in [7, 11) is 1.39. The molecule has 1 heterocycles. The fourth-order valence-electron chi connectivity index (χ4n) is 5.60. The fourth-order valence-corrected chi connectivity index (χ4v) is 5.60. The van der Waals surface area contributed by atoms with Crippen molar-refractivity contribution in [1.29, 1.82) is 0 Å². The zero-order valence-electron chi connectivity index (χ0n) is 22.5. The molecule has 1 aromatic carbocycles. The van der Waals surface area contributed by atoms with Crippen molar-refractivity contribution >= 4 is 23.3 Å². The first kappa shape index (κ1) is 28.1. The Morgan fingerprint density at radius 3 is 2.06 bits per heavy atom. The van der Waals surface area contributed by atoms with Gasteiger partial charge in [-0.2, -0.15) is 0 Å². The van der Waals surface area contributed by atoms with Crippen molar-refractivity contribution < 1.29 is 28.6 Å². The van der Waals surface area contributed by atoms with Crippen molar-refractivity contribution in [3.63, 3.8) is 0 Å². The molecule has 0 atom stereocenters. The van der Waals surface area contributed by atoms with Crippen LogP contribution < -0.4 is 0 Å². The Bertz CT molecular complexity index is 958. The molecule has 6 nitrogen and oxygen atoms in total. The minimum absolute atomic E-state index is 0.0852. The summed E-state index contributed by atoms with van der Waals surface area (Å²) >= 11 is 0. The first-order chi connectivity index (χ1) is 17.3. The van der Waals surface area contributed by atoms with E-state index in [9.17, 15) is 14.4 Å². The number of carbonyl (C=O) groups is 3. The van der Waals surface area contributed by atoms with Gasteiger partial charge in [0.2, 0.25) is 0 Å². The minimum Gasteiger partial charge on any atom is -0.469 e. The summed E-state index contributed by atoms with van der Waals surface area (Å²) in [5.41, 5.74) is 4.86. The predicted molar refractivity (Wildman–Crippen MR) is 139 cm³/mol. The molecule has 0 aromatic heterocycles. The molecule has 2 aliphatic rings. The van der Waals surface area contributed by atoms with E-state index in [1.54, 1.807) is 0 Å². The fraction of sp³-hybridized carbons (Fsp3) is 0.633. The number of hydrogen-bond acceptors (Lipinski definition) is 6. The van der Waals surface area contributed by atoms with Gasteiger partial charge < -0.3 is 14.2 Å². The molecule has 0 bridgehead atoms. The first-order valence-corrected chi connectivity index (χ1v) is 13.6. The Morgan fingerprint density at radius 1 is 0.917 bits per heavy atom. The van der Waals surface area contributed by atoms with Crippen LogP contribution in [0.25, 0.3) is 5.57 Å². The van der Waals surface area contributed by atoms with Crippen LogP contribution in [0.5, 0.6) is 0 Å². The number of unbranched alkanes of at least 4 members (excludes halogenated alkanes) is 3. The van der Waals surface area contributed by atoms with Gasteiger partial charge in [-0.1, -0.05) is 44.4 Å². The number of hydrogen-bond donors (Lipinski definition) is 0. The molecule has 1 spiro atoms. The average molecular weight is 499 g/mol. The molecule has 198 valence electrons. The third-order valence-corrected chi connectivity index (χ3v) is 7.62. The molecule has 1 aliphatic heterocycles. The normalized spacial score (nSPS) is 17.4. The van der Waals surface area contributed by atoms with E-state index in [1.165, 1.54) is 12.7 Å². The molecule has 1 aliphatic carbocycles. The molecule has 0 N–H and O–H groups in total. The lowest BCUT2D eigenvalue weighted by Crippen LogP contribution is -2.37. The van der Waals surface area contributed by atoms with Crippen molar-refractivity contribution in [2.45, 2.75) is 97.8 Å². The van der Waals surface area contributed by atoms with Crippen LogP contribution in [0.1, 0.15) is 100 Å². The number of methoxy groups -OCH3 is 1. The van der Waals surface area contributed by atoms with E-state index in [-0.39, 0.29) is 23.1 Å². The van der Waals surface area contributed by atoms with Gasteiger partial charge in [-0.15, -0.1) is 0 Å². The summed E-state index contributed by atoms with van der Waals surface area (Å²) in [6.07, 6.45) is 8.18. The van der Waals surface area contributed by atoms with Crippen molar-refractivity contribution in [2.75, 3.05) is 20.3 Å². The number of rotatable bonds is 11. The second-order valence-corrected chi connectivity index (χ2v) is 10.3. The van der Waals surface area contributed by atoms with E-state index in [4.69, 9.17) is 9.47 Å². The van der Waals surface area contributed by atoms with Crippen molar-refractivity contribution in [3.8, 4) is 0 Å². The number of ketones is 1. The van der Waals surface area contributed by atoms with Gasteiger partial charge in [0.25, 0.3) is 0 Å². The standard InChI is InChI=1S/C30H42O6/c1-5-22-17-21(3)18-23(6-2)28(22)29-24(31)19-30(13-15-35-16-14-30)20-25(29)36-27(33)12-10-8-7-9-11-26(32)34-4/h17-18H,5-16,19-20H2,1-4H3. The smallest absolute Gasteiger partial charge is 0.310 e. The number of allylic oxidation sites excluding steroid dienone is 2. The monoisotopic (exact) mass is 498 g/mol. The van der Waals surface area contributed by atoms with E-state index in [0.29, 0.717) is 56.7 Å². The van der Waals surface area contributed by atoms with E-state index in [1.807, 2.05) is 0 Å². The Kier molecular flexibility index (Phi) is 10.3. The summed E-state index contributed by atoms with van der Waals surface area (Å²) in [6.45, 7) is 7.58. The molecule has 3 rings (SSSR count). The second kappa shape index (κ2) is 13.2. The molecule has 1 aromatic rings. The summed E-state index contributed by atoms with van der Waals surface area (Å²) < 4.78 is 16.3. The van der Waals surface area contributed by atoms with Crippen LogP contribution in [0.15, 0.2) is 17.9 Å². The highest BCUT2D eigenvalue weighted by atomic mass is 16.5. The van der Waals surface area contributed by atoms with Gasteiger partial charge in [-0.3, -0.25) is 14.4 Å². The second-order valence-electron chi connectivity index (χ2n) is 10.3. The van der Waals surface area contributed by atoms with Gasteiger partial charge in [0.1, 0.15) is 5.76 Å². The van der Waals surface area contributed by atoms with E-state index in [2.05, 4.69) is 37.6 Å². The van der Waals surface area contributed by atoms with E-state index >= 15 is 0 Å². The molecule has 6 heteroatoms. The third-order valence-electron chi connectivity index (χ3n) is 7.62. The lowest BCUT2D eigenvalue weighted by molar-refractivity contribution is -0.142. The number of Topliss-reactive ketones (excluding diaryl/α,β-unsaturated/α-hetero) is 1. The van der Waals surface area contributed by atoms with Gasteiger partial charge in [0, 0.05) is 38.9 Å². The molecule has 36 heavy (non-hydrogen) atoms. The predicted octanol–water partition coefficient (Wildman–Crippen LogP) is 6.05. The molecule has 1 fully saturated rings. The van der Waals surface area contributed by atoms with Gasteiger partial charge >= 0.3 is 11.9 Å². The van der Waals surface area contributed by atoms with Crippen molar-refractivity contribution in [3.05, 3.63) is 40.1 Å². The summed E-state index contributed by atoms with van der Waals surface area (Å²) in [5.74, 6) is 0.154. The van der Waals surface area contributed by atoms with E-state index < -0.39 is 0 Å². The quantitative estimate of drug-likeness (QED) is 0.273. The molecule has 0 radical (unpaired) electrons. The van der Waals surface area contributed by atoms with Crippen molar-refractivity contribution in [2.24, 2.45) is 5.41 Å². The lowest BCUT2D eigenvalue weighted by atomic mass is 9.67. The van der Waals surface area contributed by atoms with Crippen LogP contribution in [0.4, 0.5) is 0 Å². The largest absolute Gasteiger partial charge is 0.469 e. The SMILES string of the molecule is CCc1cc(C)cc(CC)c1C1=C(OC(=O)CCCCCCC(=O)OC)CC2(CCOCC2)CC1=O. The van der Waals surface area contributed by atoms with Crippen LogP contribution in [-0.2, 0) is 41.4 Å². The maximum absolute atomic E-state index is 13.8. The molecular weight excluding hydrogens is 456 g/mol. The van der Waals surface area contributed by atoms with Crippen LogP contribution in [0, 0.1) is 12.3 Å². The molecule has 0 saturated carbocycles. The van der Waals surface area contributed by atoms with E-state index in [0.717, 1.165) is 61.6 Å². The molecule has 1 saturated heterocycles. The van der Waals surface area contributed by atoms with Gasteiger partial charge in [-0.25, -0.2) is 0 Å². The summed E-state index contributed by atoms with van der Waals surface area (Å²) in [4.78, 5) is 38.0. The number of aryl methyl sites for hydroxylation is 3. The van der Waals surface area contributed by atoms with Crippen LogP contribution in [-0.4, -0.2) is 38.0 Å². The zero-order valence-corrected chi connectivity index (χ0v) is 22.5. The lowest BCUT2D eigenvalue weighted by Gasteiger charge is -2.41. The zero-order chi connectivity index (χ0) is 26.1. The average Bonchev–Trinajstić information content (AvgIpc) is 2.86. The maximum atomic E-state index is 13.8.